The van der Waals surface area contributed by atoms with Gasteiger partial charge in [-0.05, 0) is 71.0 Å². The van der Waals surface area contributed by atoms with E-state index in [0.717, 1.165) is 51.2 Å². The first kappa shape index (κ1) is 14.8. The molecule has 1 amide bonds. The van der Waals surface area contributed by atoms with E-state index in [2.05, 4.69) is 17.3 Å². The standard InChI is InChI=1S/C15H29N3O/c1-18-10-2-3-14(11-18)17-15(19)13-6-4-12(5-7-13)8-9-16/h12-14H,2-11,16H2,1H3,(H,17,19). The number of nitrogens with one attached hydrogen (secondary N) is 1. The van der Waals surface area contributed by atoms with E-state index in [0.29, 0.717) is 11.9 Å². The van der Waals surface area contributed by atoms with Crippen molar-refractivity contribution in [2.24, 2.45) is 17.6 Å². The summed E-state index contributed by atoms with van der Waals surface area (Å²) in [5.74, 6) is 1.31. The van der Waals surface area contributed by atoms with Crippen LogP contribution in [-0.2, 0) is 4.79 Å². The summed E-state index contributed by atoms with van der Waals surface area (Å²) in [5, 5.41) is 3.26. The maximum atomic E-state index is 12.3. The van der Waals surface area contributed by atoms with Gasteiger partial charge in [0, 0.05) is 18.5 Å². The first-order chi connectivity index (χ1) is 9.19. The summed E-state index contributed by atoms with van der Waals surface area (Å²) in [4.78, 5) is 14.6. The number of amides is 1. The van der Waals surface area contributed by atoms with Crippen LogP contribution in [0, 0.1) is 11.8 Å². The molecule has 0 spiro atoms. The molecule has 1 unspecified atom stereocenters. The first-order valence-corrected chi connectivity index (χ1v) is 7.88. The Bertz CT molecular complexity index is 287. The minimum absolute atomic E-state index is 0.251. The average Bonchev–Trinajstić information content (AvgIpc) is 2.40. The molecular weight excluding hydrogens is 238 g/mol. The molecule has 0 aromatic heterocycles. The van der Waals surface area contributed by atoms with Crippen molar-refractivity contribution in [3.63, 3.8) is 0 Å². The molecule has 1 heterocycles. The molecule has 0 radical (unpaired) electrons. The van der Waals surface area contributed by atoms with Gasteiger partial charge >= 0.3 is 0 Å². The average molecular weight is 267 g/mol. The highest BCUT2D eigenvalue weighted by molar-refractivity contribution is 5.79. The highest BCUT2D eigenvalue weighted by Crippen LogP contribution is 2.30. The second-order valence-electron chi connectivity index (χ2n) is 6.40. The molecule has 0 aromatic carbocycles. The molecule has 1 aliphatic heterocycles. The second-order valence-corrected chi connectivity index (χ2v) is 6.40. The van der Waals surface area contributed by atoms with Gasteiger partial charge in [0.15, 0.2) is 0 Å². The van der Waals surface area contributed by atoms with Crippen LogP contribution in [0.15, 0.2) is 0 Å². The molecule has 2 fully saturated rings. The van der Waals surface area contributed by atoms with Crippen molar-refractivity contribution in [2.75, 3.05) is 26.7 Å². The minimum Gasteiger partial charge on any atom is -0.352 e. The molecule has 4 nitrogen and oxygen atoms in total. The maximum absolute atomic E-state index is 12.3. The van der Waals surface area contributed by atoms with Crippen molar-refractivity contribution in [1.82, 2.24) is 10.2 Å². The zero-order valence-electron chi connectivity index (χ0n) is 12.2. The molecule has 0 aromatic rings. The summed E-state index contributed by atoms with van der Waals surface area (Å²) in [5.41, 5.74) is 5.61. The van der Waals surface area contributed by atoms with E-state index in [-0.39, 0.29) is 5.92 Å². The number of carbonyl (C=O) groups is 1. The van der Waals surface area contributed by atoms with Gasteiger partial charge in [-0.25, -0.2) is 0 Å². The van der Waals surface area contributed by atoms with Gasteiger partial charge in [-0.3, -0.25) is 4.79 Å². The van der Waals surface area contributed by atoms with Crippen molar-refractivity contribution in [2.45, 2.75) is 51.0 Å². The number of piperidine rings is 1. The number of nitrogens with two attached hydrogens (primary N) is 1. The normalized spacial score (nSPS) is 33.1. The number of nitrogens with zero attached hydrogens (tertiary/aromatic N) is 1. The number of rotatable bonds is 4. The summed E-state index contributed by atoms with van der Waals surface area (Å²) in [6, 6.07) is 0.369. The summed E-state index contributed by atoms with van der Waals surface area (Å²) in [6.07, 6.45) is 7.93. The van der Waals surface area contributed by atoms with Gasteiger partial charge in [0.05, 0.1) is 0 Å². The van der Waals surface area contributed by atoms with Gasteiger partial charge in [-0.2, -0.15) is 0 Å². The molecule has 1 saturated carbocycles. The monoisotopic (exact) mass is 267 g/mol. The lowest BCUT2D eigenvalue weighted by molar-refractivity contribution is -0.127. The Balaban J connectivity index is 1.72. The Hall–Kier alpha value is -0.610. The third-order valence-corrected chi connectivity index (χ3v) is 4.76. The van der Waals surface area contributed by atoms with Crippen LogP contribution >= 0.6 is 0 Å². The highest BCUT2D eigenvalue weighted by atomic mass is 16.1. The predicted octanol–water partition coefficient (Wildman–Crippen LogP) is 1.35. The lowest BCUT2D eigenvalue weighted by atomic mass is 9.80. The van der Waals surface area contributed by atoms with Gasteiger partial charge in [0.2, 0.25) is 5.91 Å². The Morgan fingerprint density at radius 1 is 1.26 bits per heavy atom. The maximum Gasteiger partial charge on any atom is 0.223 e. The smallest absolute Gasteiger partial charge is 0.223 e. The van der Waals surface area contributed by atoms with Gasteiger partial charge in [-0.1, -0.05) is 0 Å². The lowest BCUT2D eigenvalue weighted by Gasteiger charge is -2.33. The van der Waals surface area contributed by atoms with E-state index in [9.17, 15) is 4.79 Å². The van der Waals surface area contributed by atoms with E-state index >= 15 is 0 Å². The third kappa shape index (κ3) is 4.46. The molecule has 0 bridgehead atoms. The topological polar surface area (TPSA) is 58.4 Å². The van der Waals surface area contributed by atoms with E-state index < -0.39 is 0 Å². The van der Waals surface area contributed by atoms with Crippen molar-refractivity contribution >= 4 is 5.91 Å². The molecular formula is C15H29N3O. The molecule has 19 heavy (non-hydrogen) atoms. The highest BCUT2D eigenvalue weighted by Gasteiger charge is 2.28. The van der Waals surface area contributed by atoms with Crippen molar-refractivity contribution in [3.8, 4) is 0 Å². The van der Waals surface area contributed by atoms with Crippen molar-refractivity contribution in [1.29, 1.82) is 0 Å². The SMILES string of the molecule is CN1CCCC(NC(=O)C2CCC(CCN)CC2)C1. The van der Waals surface area contributed by atoms with Crippen LogP contribution in [0.2, 0.25) is 0 Å². The number of hydrogen-bond donors (Lipinski definition) is 2. The van der Waals surface area contributed by atoms with E-state index in [4.69, 9.17) is 5.73 Å². The molecule has 1 aliphatic carbocycles. The van der Waals surface area contributed by atoms with E-state index in [1.165, 1.54) is 19.3 Å². The fourth-order valence-electron chi connectivity index (χ4n) is 3.55. The molecule has 4 heteroatoms. The van der Waals surface area contributed by atoms with Crippen molar-refractivity contribution < 1.29 is 4.79 Å². The zero-order valence-corrected chi connectivity index (χ0v) is 12.2. The largest absolute Gasteiger partial charge is 0.352 e. The lowest BCUT2D eigenvalue weighted by Crippen LogP contribution is -2.48. The summed E-state index contributed by atoms with van der Waals surface area (Å²) in [7, 11) is 2.14. The molecule has 1 atom stereocenters. The Labute approximate surface area is 117 Å². The molecule has 3 N–H and O–H groups in total. The fraction of sp³-hybridized carbons (Fsp3) is 0.933. The van der Waals surface area contributed by atoms with Crippen LogP contribution in [0.1, 0.15) is 44.9 Å². The Morgan fingerprint density at radius 2 is 2.00 bits per heavy atom. The van der Waals surface area contributed by atoms with Gasteiger partial charge in [0.25, 0.3) is 0 Å². The number of hydrogen-bond acceptors (Lipinski definition) is 3. The second kappa shape index (κ2) is 7.25. The van der Waals surface area contributed by atoms with Gasteiger partial charge in [-0.15, -0.1) is 0 Å². The van der Waals surface area contributed by atoms with Crippen LogP contribution < -0.4 is 11.1 Å². The fourth-order valence-corrected chi connectivity index (χ4v) is 3.55. The van der Waals surface area contributed by atoms with Crippen LogP contribution in [0.25, 0.3) is 0 Å². The van der Waals surface area contributed by atoms with Crippen LogP contribution in [-0.4, -0.2) is 43.5 Å². The minimum atomic E-state index is 0.251. The van der Waals surface area contributed by atoms with E-state index in [1.54, 1.807) is 0 Å². The number of likely N-dealkylation sites (N-methyl/N-ethyl adjacent to an activating group) is 1. The number of likely N-dealkylation sites (tertiary alicyclic amines) is 1. The number of carbonyl (C=O) groups excluding carboxylic acids is 1. The molecule has 1 saturated heterocycles. The van der Waals surface area contributed by atoms with Gasteiger partial charge in [0.1, 0.15) is 0 Å². The Morgan fingerprint density at radius 3 is 2.63 bits per heavy atom. The summed E-state index contributed by atoms with van der Waals surface area (Å²) in [6.45, 7) is 2.96. The summed E-state index contributed by atoms with van der Waals surface area (Å²) >= 11 is 0. The van der Waals surface area contributed by atoms with Gasteiger partial charge < -0.3 is 16.0 Å². The summed E-state index contributed by atoms with van der Waals surface area (Å²) < 4.78 is 0. The van der Waals surface area contributed by atoms with E-state index in [1.807, 2.05) is 0 Å². The quantitative estimate of drug-likeness (QED) is 0.808. The molecule has 2 aliphatic rings. The zero-order chi connectivity index (χ0) is 13.7. The Kier molecular flexibility index (Phi) is 5.64. The van der Waals surface area contributed by atoms with Crippen LogP contribution in [0.3, 0.4) is 0 Å². The van der Waals surface area contributed by atoms with Crippen LogP contribution in [0.5, 0.6) is 0 Å². The predicted molar refractivity (Wildman–Crippen MR) is 77.8 cm³/mol. The van der Waals surface area contributed by atoms with Crippen LogP contribution in [0.4, 0.5) is 0 Å². The molecule has 2 rings (SSSR count). The molecule has 110 valence electrons. The van der Waals surface area contributed by atoms with Crippen molar-refractivity contribution in [3.05, 3.63) is 0 Å². The first-order valence-electron chi connectivity index (χ1n) is 7.88. The third-order valence-electron chi connectivity index (χ3n) is 4.76.